The summed E-state index contributed by atoms with van der Waals surface area (Å²) in [5.74, 6) is 1.38. The van der Waals surface area contributed by atoms with Gasteiger partial charge in [0.1, 0.15) is 5.52 Å². The number of carbonyl (C=O) groups excluding carboxylic acids is 1. The number of hydrogen-bond donors (Lipinski definition) is 0. The van der Waals surface area contributed by atoms with Gasteiger partial charge < -0.3 is 14.4 Å². The molecule has 2 heterocycles. The monoisotopic (exact) mass is 380 g/mol. The number of methoxy groups -OCH3 is 2. The van der Waals surface area contributed by atoms with Gasteiger partial charge in [0.05, 0.1) is 25.8 Å². The average Bonchev–Trinajstić information content (AvgIpc) is 3.39. The first kappa shape index (κ1) is 18.3. The van der Waals surface area contributed by atoms with E-state index >= 15 is 0 Å². The zero-order valence-corrected chi connectivity index (χ0v) is 16.4. The molecule has 7 heteroatoms. The van der Waals surface area contributed by atoms with Gasteiger partial charge in [-0.2, -0.15) is 0 Å². The maximum atomic E-state index is 13.2. The van der Waals surface area contributed by atoms with E-state index < -0.39 is 0 Å². The van der Waals surface area contributed by atoms with Gasteiger partial charge in [-0.25, -0.2) is 4.68 Å². The molecule has 28 heavy (non-hydrogen) atoms. The summed E-state index contributed by atoms with van der Waals surface area (Å²) in [6, 6.07) is 11.5. The molecule has 4 rings (SSSR count). The van der Waals surface area contributed by atoms with Gasteiger partial charge >= 0.3 is 0 Å². The van der Waals surface area contributed by atoms with Crippen LogP contribution in [0.2, 0.25) is 0 Å². The van der Waals surface area contributed by atoms with Crippen LogP contribution in [0.1, 0.15) is 41.7 Å². The molecule has 1 aromatic heterocycles. The first-order valence-electron chi connectivity index (χ1n) is 9.52. The Bertz CT molecular complexity index is 1010. The van der Waals surface area contributed by atoms with Crippen LogP contribution in [0, 0.1) is 0 Å². The third-order valence-corrected chi connectivity index (χ3v) is 5.37. The predicted octanol–water partition coefficient (Wildman–Crippen LogP) is 3.45. The highest BCUT2D eigenvalue weighted by Gasteiger charge is 2.31. The Balaban J connectivity index is 1.63. The van der Waals surface area contributed by atoms with Crippen molar-refractivity contribution in [3.05, 3.63) is 47.5 Å². The topological polar surface area (TPSA) is 69.5 Å². The Labute approximate surface area is 163 Å². The minimum absolute atomic E-state index is 0.0187. The Morgan fingerprint density at radius 1 is 1.14 bits per heavy atom. The van der Waals surface area contributed by atoms with Crippen LogP contribution in [0.25, 0.3) is 11.0 Å². The zero-order chi connectivity index (χ0) is 19.7. The molecule has 2 aromatic carbocycles. The number of nitrogens with zero attached hydrogens (tertiary/aromatic N) is 4. The second kappa shape index (κ2) is 7.50. The minimum atomic E-state index is 0.0187. The average molecular weight is 380 g/mol. The van der Waals surface area contributed by atoms with Crippen LogP contribution in [0.15, 0.2) is 36.4 Å². The lowest BCUT2D eigenvalue weighted by Crippen LogP contribution is -2.30. The van der Waals surface area contributed by atoms with E-state index in [1.807, 2.05) is 52.9 Å². The molecule has 0 bridgehead atoms. The summed E-state index contributed by atoms with van der Waals surface area (Å²) in [5.41, 5.74) is 3.39. The lowest BCUT2D eigenvalue weighted by Gasteiger charge is -2.26. The number of hydrogen-bond acceptors (Lipinski definition) is 5. The van der Waals surface area contributed by atoms with Crippen molar-refractivity contribution >= 4 is 16.9 Å². The highest BCUT2D eigenvalue weighted by molar-refractivity contribution is 5.97. The molecule has 1 fully saturated rings. The number of aromatic nitrogens is 3. The summed E-state index contributed by atoms with van der Waals surface area (Å²) in [7, 11) is 3.24. The first-order chi connectivity index (χ1) is 13.7. The van der Waals surface area contributed by atoms with Gasteiger partial charge in [-0.3, -0.25) is 4.79 Å². The van der Waals surface area contributed by atoms with Crippen molar-refractivity contribution in [2.45, 2.75) is 32.4 Å². The lowest BCUT2D eigenvalue weighted by atomic mass is 10.0. The molecule has 1 unspecified atom stereocenters. The van der Waals surface area contributed by atoms with E-state index in [1.54, 1.807) is 14.2 Å². The van der Waals surface area contributed by atoms with E-state index in [1.165, 1.54) is 0 Å². The van der Waals surface area contributed by atoms with E-state index in [2.05, 4.69) is 10.3 Å². The summed E-state index contributed by atoms with van der Waals surface area (Å²) in [6.07, 6.45) is 1.90. The van der Waals surface area contributed by atoms with Crippen LogP contribution < -0.4 is 9.47 Å². The molecule has 0 N–H and O–H groups in total. The molecule has 146 valence electrons. The van der Waals surface area contributed by atoms with Gasteiger partial charge in [-0.05, 0) is 55.7 Å². The molecule has 1 aliphatic heterocycles. The van der Waals surface area contributed by atoms with E-state index in [0.29, 0.717) is 17.1 Å². The number of aryl methyl sites for hydroxylation is 1. The van der Waals surface area contributed by atoms with E-state index in [-0.39, 0.29) is 11.9 Å². The fourth-order valence-corrected chi connectivity index (χ4v) is 3.92. The minimum Gasteiger partial charge on any atom is -0.493 e. The molecule has 7 nitrogen and oxygen atoms in total. The SMILES string of the molecule is CCn1nnc2cc(C(=O)N3CCCC3c3ccc(OC)c(OC)c3)ccc21. The van der Waals surface area contributed by atoms with Gasteiger partial charge in [-0.15, -0.1) is 5.10 Å². The lowest BCUT2D eigenvalue weighted by molar-refractivity contribution is 0.0735. The van der Waals surface area contributed by atoms with Crippen LogP contribution in [-0.4, -0.2) is 46.6 Å². The van der Waals surface area contributed by atoms with Crippen LogP contribution in [-0.2, 0) is 6.54 Å². The van der Waals surface area contributed by atoms with Crippen molar-refractivity contribution in [2.75, 3.05) is 20.8 Å². The largest absolute Gasteiger partial charge is 0.493 e. The number of rotatable bonds is 5. The van der Waals surface area contributed by atoms with E-state index in [9.17, 15) is 4.79 Å². The van der Waals surface area contributed by atoms with Crippen molar-refractivity contribution in [2.24, 2.45) is 0 Å². The summed E-state index contributed by atoms with van der Waals surface area (Å²) >= 11 is 0. The van der Waals surface area contributed by atoms with Gasteiger partial charge in [0.15, 0.2) is 11.5 Å². The molecule has 1 saturated heterocycles. The smallest absolute Gasteiger partial charge is 0.254 e. The molecular formula is C21H24N4O3. The summed E-state index contributed by atoms with van der Waals surface area (Å²) < 4.78 is 12.6. The fraction of sp³-hybridized carbons (Fsp3) is 0.381. The molecule has 0 spiro atoms. The molecule has 0 saturated carbocycles. The van der Waals surface area contributed by atoms with Gasteiger partial charge in [0, 0.05) is 18.7 Å². The second-order valence-electron chi connectivity index (χ2n) is 6.88. The number of benzene rings is 2. The number of carbonyl (C=O) groups is 1. The predicted molar refractivity (Wildman–Crippen MR) is 106 cm³/mol. The molecule has 0 radical (unpaired) electrons. The molecular weight excluding hydrogens is 356 g/mol. The summed E-state index contributed by atoms with van der Waals surface area (Å²) in [4.78, 5) is 15.2. The first-order valence-corrected chi connectivity index (χ1v) is 9.52. The fourth-order valence-electron chi connectivity index (χ4n) is 3.92. The Morgan fingerprint density at radius 3 is 2.71 bits per heavy atom. The van der Waals surface area contributed by atoms with Crippen molar-refractivity contribution in [3.8, 4) is 11.5 Å². The van der Waals surface area contributed by atoms with Crippen LogP contribution in [0.5, 0.6) is 11.5 Å². The third kappa shape index (κ3) is 3.06. The third-order valence-electron chi connectivity index (χ3n) is 5.37. The summed E-state index contributed by atoms with van der Waals surface area (Å²) in [6.45, 7) is 3.50. The van der Waals surface area contributed by atoms with Gasteiger partial charge in [0.2, 0.25) is 0 Å². The Kier molecular flexibility index (Phi) is 4.90. The maximum Gasteiger partial charge on any atom is 0.254 e. The highest BCUT2D eigenvalue weighted by Crippen LogP contribution is 2.37. The maximum absolute atomic E-state index is 13.2. The molecule has 3 aromatic rings. The number of ether oxygens (including phenoxy) is 2. The number of likely N-dealkylation sites (tertiary alicyclic amines) is 1. The normalized spacial score (nSPS) is 16.5. The van der Waals surface area contributed by atoms with Crippen molar-refractivity contribution in [1.82, 2.24) is 19.9 Å². The number of amides is 1. The van der Waals surface area contributed by atoms with E-state index in [4.69, 9.17) is 9.47 Å². The summed E-state index contributed by atoms with van der Waals surface area (Å²) in [5, 5.41) is 8.32. The molecule has 1 atom stereocenters. The van der Waals surface area contributed by atoms with Crippen molar-refractivity contribution in [3.63, 3.8) is 0 Å². The Morgan fingerprint density at radius 2 is 1.96 bits per heavy atom. The molecule has 1 aliphatic rings. The van der Waals surface area contributed by atoms with Crippen LogP contribution in [0.4, 0.5) is 0 Å². The van der Waals surface area contributed by atoms with Gasteiger partial charge in [-0.1, -0.05) is 11.3 Å². The van der Waals surface area contributed by atoms with Gasteiger partial charge in [0.25, 0.3) is 5.91 Å². The van der Waals surface area contributed by atoms with Crippen LogP contribution >= 0.6 is 0 Å². The van der Waals surface area contributed by atoms with E-state index in [0.717, 1.165) is 42.5 Å². The molecule has 0 aliphatic carbocycles. The number of fused-ring (bicyclic) bond motifs is 1. The zero-order valence-electron chi connectivity index (χ0n) is 16.4. The molecule has 1 amide bonds. The highest BCUT2D eigenvalue weighted by atomic mass is 16.5. The quantitative estimate of drug-likeness (QED) is 0.678. The van der Waals surface area contributed by atoms with Crippen LogP contribution in [0.3, 0.4) is 0 Å². The second-order valence-corrected chi connectivity index (χ2v) is 6.88. The Hall–Kier alpha value is -3.09. The standard InChI is InChI=1S/C21H24N4O3/c1-4-25-18-9-7-15(12-16(18)22-23-25)21(26)24-11-5-6-17(24)14-8-10-19(27-2)20(13-14)28-3/h7-10,12-13,17H,4-6,11H2,1-3H3. The van der Waals surface area contributed by atoms with Crippen molar-refractivity contribution < 1.29 is 14.3 Å². The van der Waals surface area contributed by atoms with Crippen molar-refractivity contribution in [1.29, 1.82) is 0 Å².